The average molecular weight is 238 g/mol. The second kappa shape index (κ2) is 5.25. The van der Waals surface area contributed by atoms with Crippen molar-refractivity contribution in [3.63, 3.8) is 0 Å². The fraction of sp³-hybridized carbons (Fsp3) is 1.00. The number of ether oxygens (including phenoxy) is 1. The maximum Gasteiger partial charge on any atom is 0.0587 e. The van der Waals surface area contributed by atoms with Crippen LogP contribution in [0.4, 0.5) is 0 Å². The summed E-state index contributed by atoms with van der Waals surface area (Å²) in [7, 11) is 0. The maximum absolute atomic E-state index is 5.76. The first-order chi connectivity index (χ1) is 8.36. The van der Waals surface area contributed by atoms with Crippen molar-refractivity contribution in [3.8, 4) is 0 Å². The van der Waals surface area contributed by atoms with Crippen LogP contribution in [0.2, 0.25) is 0 Å². The van der Waals surface area contributed by atoms with E-state index in [9.17, 15) is 0 Å². The van der Waals surface area contributed by atoms with E-state index in [1.807, 2.05) is 0 Å². The largest absolute Gasteiger partial charge is 0.378 e. The summed E-state index contributed by atoms with van der Waals surface area (Å²) in [5.41, 5.74) is 0. The molecular weight excluding hydrogens is 212 g/mol. The van der Waals surface area contributed by atoms with Crippen LogP contribution in [0.25, 0.3) is 0 Å². The highest BCUT2D eigenvalue weighted by Gasteiger charge is 2.38. The molecule has 0 aromatic carbocycles. The van der Waals surface area contributed by atoms with Crippen molar-refractivity contribution < 1.29 is 4.74 Å². The third kappa shape index (κ3) is 2.51. The normalized spacial score (nSPS) is 42.9. The molecule has 0 saturated carbocycles. The number of fused-ring (bicyclic) bond motifs is 1. The van der Waals surface area contributed by atoms with Gasteiger partial charge in [0.25, 0.3) is 0 Å². The molecule has 4 unspecified atom stereocenters. The minimum absolute atomic E-state index is 0.502. The third-order valence-electron chi connectivity index (χ3n) is 4.88. The highest BCUT2D eigenvalue weighted by molar-refractivity contribution is 4.97. The lowest BCUT2D eigenvalue weighted by Gasteiger charge is -2.33. The van der Waals surface area contributed by atoms with Crippen molar-refractivity contribution in [3.05, 3.63) is 0 Å². The highest BCUT2D eigenvalue weighted by Crippen LogP contribution is 2.29. The van der Waals surface area contributed by atoms with Gasteiger partial charge in [-0.1, -0.05) is 6.92 Å². The van der Waals surface area contributed by atoms with Crippen LogP contribution in [0, 0.1) is 0 Å². The molecule has 3 aliphatic rings. The summed E-state index contributed by atoms with van der Waals surface area (Å²) in [5.74, 6) is 0. The third-order valence-corrected chi connectivity index (χ3v) is 4.88. The number of hydrogen-bond acceptors (Lipinski definition) is 3. The number of nitrogens with one attached hydrogen (secondary N) is 1. The monoisotopic (exact) mass is 238 g/mol. The lowest BCUT2D eigenvalue weighted by molar-refractivity contribution is -0.00247. The predicted molar refractivity (Wildman–Crippen MR) is 69.2 cm³/mol. The van der Waals surface area contributed by atoms with Crippen LogP contribution in [0.3, 0.4) is 0 Å². The first-order valence-electron chi connectivity index (χ1n) is 7.48. The quantitative estimate of drug-likeness (QED) is 0.811. The minimum atomic E-state index is 0.502. The Bertz CT molecular complexity index is 259. The van der Waals surface area contributed by atoms with E-state index in [1.54, 1.807) is 0 Å². The van der Waals surface area contributed by atoms with Crippen molar-refractivity contribution in [2.75, 3.05) is 19.7 Å². The van der Waals surface area contributed by atoms with Crippen LogP contribution >= 0.6 is 0 Å². The molecule has 0 bridgehead atoms. The van der Waals surface area contributed by atoms with Crippen LogP contribution in [0.5, 0.6) is 0 Å². The predicted octanol–water partition coefficient (Wildman–Crippen LogP) is 1.77. The molecule has 17 heavy (non-hydrogen) atoms. The van der Waals surface area contributed by atoms with Gasteiger partial charge in [-0.05, 0) is 45.1 Å². The van der Waals surface area contributed by atoms with Crippen LogP contribution in [-0.2, 0) is 4.74 Å². The van der Waals surface area contributed by atoms with Gasteiger partial charge in [-0.2, -0.15) is 0 Å². The smallest absolute Gasteiger partial charge is 0.0587 e. The van der Waals surface area contributed by atoms with E-state index in [0.29, 0.717) is 12.1 Å². The molecule has 3 fully saturated rings. The number of rotatable bonds is 3. The Morgan fingerprint density at radius 2 is 2.18 bits per heavy atom. The number of nitrogens with zero attached hydrogens (tertiary/aromatic N) is 1. The Kier molecular flexibility index (Phi) is 3.69. The second-order valence-corrected chi connectivity index (χ2v) is 5.93. The molecule has 1 N–H and O–H groups in total. The van der Waals surface area contributed by atoms with E-state index in [1.165, 1.54) is 51.6 Å². The zero-order valence-electron chi connectivity index (χ0n) is 11.0. The van der Waals surface area contributed by atoms with E-state index in [-0.39, 0.29) is 0 Å². The van der Waals surface area contributed by atoms with Gasteiger partial charge in [0, 0.05) is 31.3 Å². The van der Waals surface area contributed by atoms with Gasteiger partial charge in [-0.25, -0.2) is 0 Å². The lowest BCUT2D eigenvalue weighted by atomic mass is 9.98. The molecule has 3 heterocycles. The molecule has 0 aromatic rings. The summed E-state index contributed by atoms with van der Waals surface area (Å²) in [6.45, 7) is 5.86. The molecule has 0 amide bonds. The highest BCUT2D eigenvalue weighted by atomic mass is 16.5. The SMILES string of the molecule is CCC1CC(NC2CCN3CCCC23)CCO1. The van der Waals surface area contributed by atoms with Gasteiger partial charge in [0.05, 0.1) is 6.10 Å². The molecule has 3 aliphatic heterocycles. The molecular formula is C14H26N2O. The van der Waals surface area contributed by atoms with E-state index in [4.69, 9.17) is 4.74 Å². The Morgan fingerprint density at radius 3 is 3.06 bits per heavy atom. The molecule has 4 atom stereocenters. The standard InChI is InChI=1S/C14H26N2O/c1-2-12-10-11(6-9-17-12)15-13-5-8-16-7-3-4-14(13)16/h11-15H,2-10H2,1H3. The van der Waals surface area contributed by atoms with Gasteiger partial charge >= 0.3 is 0 Å². The van der Waals surface area contributed by atoms with Crippen molar-refractivity contribution in [1.82, 2.24) is 10.2 Å². The summed E-state index contributed by atoms with van der Waals surface area (Å²) in [4.78, 5) is 2.69. The minimum Gasteiger partial charge on any atom is -0.378 e. The molecule has 98 valence electrons. The summed E-state index contributed by atoms with van der Waals surface area (Å²) >= 11 is 0. The van der Waals surface area contributed by atoms with Crippen molar-refractivity contribution in [2.24, 2.45) is 0 Å². The number of hydrogen-bond donors (Lipinski definition) is 1. The summed E-state index contributed by atoms with van der Waals surface area (Å²) in [5, 5.41) is 3.93. The van der Waals surface area contributed by atoms with Gasteiger partial charge in [0.1, 0.15) is 0 Å². The van der Waals surface area contributed by atoms with Crippen LogP contribution in [-0.4, -0.2) is 48.8 Å². The van der Waals surface area contributed by atoms with Crippen LogP contribution < -0.4 is 5.32 Å². The van der Waals surface area contributed by atoms with E-state index < -0.39 is 0 Å². The van der Waals surface area contributed by atoms with Gasteiger partial charge < -0.3 is 10.1 Å². The van der Waals surface area contributed by atoms with Gasteiger partial charge in [0.15, 0.2) is 0 Å². The van der Waals surface area contributed by atoms with Gasteiger partial charge in [-0.15, -0.1) is 0 Å². The molecule has 0 aromatic heterocycles. The first kappa shape index (κ1) is 11.9. The first-order valence-corrected chi connectivity index (χ1v) is 7.48. The fourth-order valence-electron chi connectivity index (χ4n) is 3.90. The summed E-state index contributed by atoms with van der Waals surface area (Å²) in [6, 6.07) is 2.32. The molecule has 0 radical (unpaired) electrons. The van der Waals surface area contributed by atoms with E-state index in [0.717, 1.165) is 18.7 Å². The molecule has 3 saturated heterocycles. The Labute approximate surface area is 105 Å². The topological polar surface area (TPSA) is 24.5 Å². The molecule has 0 aliphatic carbocycles. The van der Waals surface area contributed by atoms with Crippen molar-refractivity contribution in [2.45, 2.75) is 69.7 Å². The molecule has 3 nitrogen and oxygen atoms in total. The Hall–Kier alpha value is -0.120. The zero-order chi connectivity index (χ0) is 11.7. The molecule has 3 heteroatoms. The Morgan fingerprint density at radius 1 is 1.24 bits per heavy atom. The van der Waals surface area contributed by atoms with Crippen molar-refractivity contribution >= 4 is 0 Å². The second-order valence-electron chi connectivity index (χ2n) is 5.93. The molecule has 0 spiro atoms. The Balaban J connectivity index is 1.52. The van der Waals surface area contributed by atoms with E-state index >= 15 is 0 Å². The fourth-order valence-corrected chi connectivity index (χ4v) is 3.90. The van der Waals surface area contributed by atoms with Gasteiger partial charge in [0.2, 0.25) is 0 Å². The molecule has 3 rings (SSSR count). The van der Waals surface area contributed by atoms with Crippen molar-refractivity contribution in [1.29, 1.82) is 0 Å². The van der Waals surface area contributed by atoms with Gasteiger partial charge in [-0.3, -0.25) is 4.90 Å². The lowest BCUT2D eigenvalue weighted by Crippen LogP contribution is -2.48. The summed E-state index contributed by atoms with van der Waals surface area (Å²) < 4.78 is 5.76. The van der Waals surface area contributed by atoms with Crippen LogP contribution in [0.15, 0.2) is 0 Å². The maximum atomic E-state index is 5.76. The van der Waals surface area contributed by atoms with Crippen LogP contribution in [0.1, 0.15) is 45.4 Å². The summed E-state index contributed by atoms with van der Waals surface area (Å²) in [6.07, 6.45) is 8.28. The van der Waals surface area contributed by atoms with E-state index in [2.05, 4.69) is 17.1 Å². The zero-order valence-corrected chi connectivity index (χ0v) is 11.0. The average Bonchev–Trinajstić information content (AvgIpc) is 2.94.